The Morgan fingerprint density at radius 2 is 1.65 bits per heavy atom. The van der Waals surface area contributed by atoms with Crippen LogP contribution in [0.2, 0.25) is 0 Å². The number of rotatable bonds is 6. The lowest BCUT2D eigenvalue weighted by atomic mass is 10.1. The number of pyridine rings is 1. The van der Waals surface area contributed by atoms with Gasteiger partial charge in [-0.15, -0.1) is 0 Å². The minimum atomic E-state index is -0.576. The molecule has 6 nitrogen and oxygen atoms in total. The normalized spacial score (nSPS) is 10.6. The Labute approximate surface area is 131 Å². The number of hydrogen-bond donors (Lipinski definition) is 3. The van der Waals surface area contributed by atoms with Gasteiger partial charge in [-0.05, 0) is 18.1 Å². The minimum absolute atomic E-state index is 0.202. The molecule has 0 aliphatic heterocycles. The fourth-order valence-electron chi connectivity index (χ4n) is 2.32. The van der Waals surface area contributed by atoms with Crippen molar-refractivity contribution in [3.8, 4) is 0 Å². The Morgan fingerprint density at radius 1 is 0.913 bits per heavy atom. The van der Waals surface area contributed by atoms with E-state index in [1.165, 1.54) is 12.3 Å². The quantitative estimate of drug-likeness (QED) is 0.598. The monoisotopic (exact) mass is 309 g/mol. The van der Waals surface area contributed by atoms with Crippen LogP contribution in [0.3, 0.4) is 0 Å². The van der Waals surface area contributed by atoms with Crippen LogP contribution < -0.4 is 27.1 Å². The molecule has 0 spiro atoms. The van der Waals surface area contributed by atoms with Gasteiger partial charge in [-0.1, -0.05) is 30.3 Å². The van der Waals surface area contributed by atoms with E-state index < -0.39 is 10.9 Å². The van der Waals surface area contributed by atoms with Crippen molar-refractivity contribution in [2.75, 3.05) is 17.2 Å². The van der Waals surface area contributed by atoms with E-state index in [4.69, 9.17) is 0 Å². The molecule has 0 radical (unpaired) electrons. The molecule has 2 aromatic carbocycles. The van der Waals surface area contributed by atoms with Gasteiger partial charge in [0.15, 0.2) is 0 Å². The summed E-state index contributed by atoms with van der Waals surface area (Å²) in [6.45, 7) is 0.541. The highest BCUT2D eigenvalue weighted by molar-refractivity contribution is 5.78. The van der Waals surface area contributed by atoms with Crippen LogP contribution in [0.25, 0.3) is 0 Å². The van der Waals surface area contributed by atoms with E-state index in [0.29, 0.717) is 12.2 Å². The summed E-state index contributed by atoms with van der Waals surface area (Å²) in [6, 6.07) is 12.8. The summed E-state index contributed by atoms with van der Waals surface area (Å²) in [6.07, 6.45) is 2.21. The molecule has 0 saturated heterocycles. The van der Waals surface area contributed by atoms with Crippen molar-refractivity contribution in [3.63, 3.8) is 0 Å². The van der Waals surface area contributed by atoms with Gasteiger partial charge in [-0.3, -0.25) is 14.4 Å². The molecule has 0 bridgehead atoms. The van der Waals surface area contributed by atoms with Gasteiger partial charge in [0.25, 0.3) is 10.9 Å². The van der Waals surface area contributed by atoms with Crippen LogP contribution in [-0.4, -0.2) is 11.5 Å². The zero-order chi connectivity index (χ0) is 16.2. The molecule has 0 aliphatic rings. The second-order valence-corrected chi connectivity index (χ2v) is 5.14. The third kappa shape index (κ3) is 3.21. The lowest BCUT2D eigenvalue weighted by Crippen LogP contribution is -2.37. The van der Waals surface area contributed by atoms with E-state index in [0.717, 1.165) is 12.0 Å². The first-order valence-corrected chi connectivity index (χ1v) is 7.22. The Hall–Kier alpha value is -3.15. The van der Waals surface area contributed by atoms with E-state index >= 15 is 0 Å². The van der Waals surface area contributed by atoms with Gasteiger partial charge in [0.2, 0.25) is 5.56 Å². The Bertz CT molecular complexity index is 938. The van der Waals surface area contributed by atoms with E-state index in [1.807, 2.05) is 30.3 Å². The highest BCUT2D eigenvalue weighted by atomic mass is 16.2. The highest BCUT2D eigenvalue weighted by Crippen LogP contribution is 2.19. The first-order chi connectivity index (χ1) is 11.1. The molecule has 3 N–H and O–H groups in total. The SMILES string of the molecule is O=c1cc(Nc2c(NCCc3ccccc3)c(=O)c2=O)cc[nH]1. The van der Waals surface area contributed by atoms with Crippen molar-refractivity contribution in [2.45, 2.75) is 6.42 Å². The second-order valence-electron chi connectivity index (χ2n) is 5.14. The van der Waals surface area contributed by atoms with Crippen LogP contribution in [0, 0.1) is 0 Å². The topological polar surface area (TPSA) is 91.1 Å². The van der Waals surface area contributed by atoms with Crippen molar-refractivity contribution in [3.05, 3.63) is 85.0 Å². The molecule has 0 unspecified atom stereocenters. The van der Waals surface area contributed by atoms with E-state index in [-0.39, 0.29) is 16.9 Å². The number of H-pyrrole nitrogens is 1. The lowest BCUT2D eigenvalue weighted by molar-refractivity contribution is 1.01. The van der Waals surface area contributed by atoms with Crippen LogP contribution in [0.1, 0.15) is 5.56 Å². The van der Waals surface area contributed by atoms with Gasteiger partial charge < -0.3 is 15.6 Å². The smallest absolute Gasteiger partial charge is 0.253 e. The minimum Gasteiger partial charge on any atom is -0.380 e. The highest BCUT2D eigenvalue weighted by Gasteiger charge is 2.20. The number of aromatic nitrogens is 1. The maximum Gasteiger partial charge on any atom is 0.253 e. The summed E-state index contributed by atoms with van der Waals surface area (Å²) in [5.74, 6) is 0. The molecule has 0 saturated carbocycles. The van der Waals surface area contributed by atoms with Crippen LogP contribution in [0.15, 0.2) is 63.0 Å². The van der Waals surface area contributed by atoms with E-state index in [9.17, 15) is 14.4 Å². The summed E-state index contributed by atoms with van der Waals surface area (Å²) >= 11 is 0. The molecule has 23 heavy (non-hydrogen) atoms. The van der Waals surface area contributed by atoms with Crippen molar-refractivity contribution >= 4 is 17.1 Å². The molecule has 1 heterocycles. The number of anilines is 3. The number of benzene rings is 1. The molecular formula is C17H15N3O3. The fraction of sp³-hybridized carbons (Fsp3) is 0.118. The van der Waals surface area contributed by atoms with E-state index in [1.54, 1.807) is 6.07 Å². The van der Waals surface area contributed by atoms with Crippen molar-refractivity contribution in [1.29, 1.82) is 0 Å². The first kappa shape index (κ1) is 14.8. The molecule has 116 valence electrons. The zero-order valence-electron chi connectivity index (χ0n) is 12.3. The fourth-order valence-corrected chi connectivity index (χ4v) is 2.32. The van der Waals surface area contributed by atoms with Crippen molar-refractivity contribution in [2.24, 2.45) is 0 Å². The maximum absolute atomic E-state index is 11.7. The van der Waals surface area contributed by atoms with Crippen LogP contribution >= 0.6 is 0 Å². The summed E-state index contributed by atoms with van der Waals surface area (Å²) in [5, 5.41) is 5.82. The van der Waals surface area contributed by atoms with E-state index in [2.05, 4.69) is 15.6 Å². The zero-order valence-corrected chi connectivity index (χ0v) is 12.3. The molecule has 1 aromatic heterocycles. The Balaban J connectivity index is 1.69. The molecule has 3 aromatic rings. The molecule has 0 aliphatic carbocycles. The third-order valence-electron chi connectivity index (χ3n) is 3.51. The molecule has 0 atom stereocenters. The first-order valence-electron chi connectivity index (χ1n) is 7.22. The summed E-state index contributed by atoms with van der Waals surface area (Å²) in [5.41, 5.74) is 0.680. The lowest BCUT2D eigenvalue weighted by Gasteiger charge is -2.14. The predicted octanol–water partition coefficient (Wildman–Crippen LogP) is 1.37. The molecule has 0 fully saturated rings. The molecule has 0 amide bonds. The summed E-state index contributed by atoms with van der Waals surface area (Å²) in [7, 11) is 0. The van der Waals surface area contributed by atoms with Crippen molar-refractivity contribution in [1.82, 2.24) is 4.98 Å². The van der Waals surface area contributed by atoms with Crippen molar-refractivity contribution < 1.29 is 0 Å². The average molecular weight is 309 g/mol. The van der Waals surface area contributed by atoms with Crippen LogP contribution in [0.5, 0.6) is 0 Å². The predicted molar refractivity (Wildman–Crippen MR) is 90.3 cm³/mol. The third-order valence-corrected chi connectivity index (χ3v) is 3.51. The largest absolute Gasteiger partial charge is 0.380 e. The molecule has 6 heteroatoms. The maximum atomic E-state index is 11.7. The Kier molecular flexibility index (Phi) is 4.05. The van der Waals surface area contributed by atoms with Gasteiger partial charge in [-0.25, -0.2) is 0 Å². The van der Waals surface area contributed by atoms with Gasteiger partial charge in [-0.2, -0.15) is 0 Å². The summed E-state index contributed by atoms with van der Waals surface area (Å²) in [4.78, 5) is 37.1. The number of nitrogens with one attached hydrogen (secondary N) is 3. The average Bonchev–Trinajstić information content (AvgIpc) is 2.58. The molecular weight excluding hydrogens is 294 g/mol. The standard InChI is InChI=1S/C17H15N3O3/c21-13-10-12(7-9-18-13)20-15-14(16(22)17(15)23)19-8-6-11-4-2-1-3-5-11/h1-5,7,9-10,19H,6,8H2,(H2,18,20,21). The summed E-state index contributed by atoms with van der Waals surface area (Å²) < 4.78 is 0. The number of hydrogen-bond acceptors (Lipinski definition) is 5. The van der Waals surface area contributed by atoms with Gasteiger partial charge in [0.1, 0.15) is 11.4 Å². The van der Waals surface area contributed by atoms with Gasteiger partial charge in [0, 0.05) is 24.5 Å². The van der Waals surface area contributed by atoms with Gasteiger partial charge in [0.05, 0.1) is 0 Å². The van der Waals surface area contributed by atoms with Gasteiger partial charge >= 0.3 is 0 Å². The van der Waals surface area contributed by atoms with Crippen LogP contribution in [0.4, 0.5) is 17.1 Å². The molecule has 3 rings (SSSR count). The second kappa shape index (κ2) is 6.31. The van der Waals surface area contributed by atoms with Crippen LogP contribution in [-0.2, 0) is 6.42 Å². The Morgan fingerprint density at radius 3 is 2.39 bits per heavy atom. The number of aromatic amines is 1.